The van der Waals surface area contributed by atoms with Crippen molar-refractivity contribution < 1.29 is 5.11 Å². The average molecular weight is 230 g/mol. The number of aliphatic hydroxyl groups excluding tert-OH is 1. The summed E-state index contributed by atoms with van der Waals surface area (Å²) >= 11 is 0. The van der Waals surface area contributed by atoms with Gasteiger partial charge in [-0.25, -0.2) is 0 Å². The standard InChI is InChI=1S/C13H30N2O/c1-6-8-14-10-13(4,7-2)11-15(5)12(3)9-16/h12,14,16H,6-11H2,1-5H3. The van der Waals surface area contributed by atoms with Crippen molar-refractivity contribution in [3.8, 4) is 0 Å². The van der Waals surface area contributed by atoms with Crippen molar-refractivity contribution in [2.75, 3.05) is 33.3 Å². The zero-order valence-electron chi connectivity index (χ0n) is 11.7. The van der Waals surface area contributed by atoms with Gasteiger partial charge in [-0.05, 0) is 38.8 Å². The van der Waals surface area contributed by atoms with Crippen LogP contribution < -0.4 is 5.32 Å². The van der Waals surface area contributed by atoms with Crippen LogP contribution in [0.25, 0.3) is 0 Å². The molecule has 16 heavy (non-hydrogen) atoms. The van der Waals surface area contributed by atoms with Crippen molar-refractivity contribution in [1.82, 2.24) is 10.2 Å². The topological polar surface area (TPSA) is 35.5 Å². The van der Waals surface area contributed by atoms with E-state index in [0.29, 0.717) is 5.41 Å². The molecule has 0 aliphatic carbocycles. The Hall–Kier alpha value is -0.120. The van der Waals surface area contributed by atoms with Gasteiger partial charge in [-0.1, -0.05) is 20.8 Å². The third-order valence-electron chi connectivity index (χ3n) is 3.48. The summed E-state index contributed by atoms with van der Waals surface area (Å²) in [6.45, 7) is 12.2. The van der Waals surface area contributed by atoms with E-state index in [2.05, 4.69) is 45.0 Å². The minimum absolute atomic E-state index is 0.235. The van der Waals surface area contributed by atoms with Crippen molar-refractivity contribution in [2.24, 2.45) is 5.41 Å². The van der Waals surface area contributed by atoms with E-state index in [1.165, 1.54) is 6.42 Å². The molecule has 0 saturated carbocycles. The number of hydrogen-bond acceptors (Lipinski definition) is 3. The second-order valence-corrected chi connectivity index (χ2v) is 5.29. The number of nitrogens with zero attached hydrogens (tertiary/aromatic N) is 1. The van der Waals surface area contributed by atoms with E-state index in [-0.39, 0.29) is 12.6 Å². The molecule has 0 radical (unpaired) electrons. The summed E-state index contributed by atoms with van der Waals surface area (Å²) in [6, 6.07) is 0.247. The summed E-state index contributed by atoms with van der Waals surface area (Å²) in [5.74, 6) is 0. The number of rotatable bonds is 9. The van der Waals surface area contributed by atoms with Crippen LogP contribution in [0.4, 0.5) is 0 Å². The zero-order valence-corrected chi connectivity index (χ0v) is 11.7. The lowest BCUT2D eigenvalue weighted by Gasteiger charge is -2.35. The quantitative estimate of drug-likeness (QED) is 0.592. The second-order valence-electron chi connectivity index (χ2n) is 5.29. The third kappa shape index (κ3) is 5.83. The van der Waals surface area contributed by atoms with Gasteiger partial charge in [-0.15, -0.1) is 0 Å². The molecule has 0 aromatic heterocycles. The minimum atomic E-state index is 0.235. The molecule has 98 valence electrons. The Morgan fingerprint density at radius 1 is 1.38 bits per heavy atom. The van der Waals surface area contributed by atoms with Crippen LogP contribution in [0.15, 0.2) is 0 Å². The number of hydrogen-bond donors (Lipinski definition) is 2. The Morgan fingerprint density at radius 2 is 2.00 bits per heavy atom. The molecule has 0 saturated heterocycles. The summed E-state index contributed by atoms with van der Waals surface area (Å²) in [4.78, 5) is 2.25. The van der Waals surface area contributed by atoms with E-state index < -0.39 is 0 Å². The van der Waals surface area contributed by atoms with Crippen LogP contribution in [0.2, 0.25) is 0 Å². The first-order chi connectivity index (χ1) is 7.49. The molecule has 0 spiro atoms. The van der Waals surface area contributed by atoms with Gasteiger partial charge in [-0.3, -0.25) is 0 Å². The maximum absolute atomic E-state index is 9.13. The maximum Gasteiger partial charge on any atom is 0.0584 e. The minimum Gasteiger partial charge on any atom is -0.395 e. The van der Waals surface area contributed by atoms with Crippen molar-refractivity contribution in [1.29, 1.82) is 0 Å². The van der Waals surface area contributed by atoms with E-state index in [1.807, 2.05) is 0 Å². The third-order valence-corrected chi connectivity index (χ3v) is 3.48. The van der Waals surface area contributed by atoms with Crippen LogP contribution in [-0.2, 0) is 0 Å². The lowest BCUT2D eigenvalue weighted by atomic mass is 9.86. The molecule has 2 unspecified atom stereocenters. The molecule has 0 aliphatic rings. The van der Waals surface area contributed by atoms with E-state index in [0.717, 1.165) is 26.1 Å². The van der Waals surface area contributed by atoms with E-state index in [9.17, 15) is 0 Å². The smallest absolute Gasteiger partial charge is 0.0584 e. The fourth-order valence-corrected chi connectivity index (χ4v) is 1.76. The summed E-state index contributed by atoms with van der Waals surface area (Å²) in [6.07, 6.45) is 2.34. The van der Waals surface area contributed by atoms with Crippen molar-refractivity contribution in [3.05, 3.63) is 0 Å². The van der Waals surface area contributed by atoms with Crippen LogP contribution in [0.3, 0.4) is 0 Å². The van der Waals surface area contributed by atoms with E-state index >= 15 is 0 Å². The molecule has 0 heterocycles. The van der Waals surface area contributed by atoms with Gasteiger partial charge in [0.2, 0.25) is 0 Å². The first kappa shape index (κ1) is 15.9. The van der Waals surface area contributed by atoms with Gasteiger partial charge in [0.25, 0.3) is 0 Å². The maximum atomic E-state index is 9.13. The Labute approximate surface area is 101 Å². The molecule has 2 atom stereocenters. The summed E-state index contributed by atoms with van der Waals surface area (Å²) in [5, 5.41) is 12.6. The highest BCUT2D eigenvalue weighted by atomic mass is 16.3. The van der Waals surface area contributed by atoms with Gasteiger partial charge in [0, 0.05) is 19.1 Å². The molecule has 0 rings (SSSR count). The molecule has 0 amide bonds. The Balaban J connectivity index is 4.13. The molecule has 0 aromatic rings. The average Bonchev–Trinajstić information content (AvgIpc) is 2.28. The number of aliphatic hydroxyl groups is 1. The van der Waals surface area contributed by atoms with Crippen LogP contribution in [0, 0.1) is 5.41 Å². The van der Waals surface area contributed by atoms with Crippen molar-refractivity contribution in [2.45, 2.75) is 46.6 Å². The Bertz CT molecular complexity index is 175. The molecule has 0 aromatic carbocycles. The molecule has 0 bridgehead atoms. The first-order valence-corrected chi connectivity index (χ1v) is 6.51. The van der Waals surface area contributed by atoms with Gasteiger partial charge >= 0.3 is 0 Å². The lowest BCUT2D eigenvalue weighted by Crippen LogP contribution is -2.44. The van der Waals surface area contributed by atoms with Crippen LogP contribution in [0.5, 0.6) is 0 Å². The van der Waals surface area contributed by atoms with Gasteiger partial charge in [0.05, 0.1) is 6.61 Å². The fourth-order valence-electron chi connectivity index (χ4n) is 1.76. The van der Waals surface area contributed by atoms with Crippen molar-refractivity contribution >= 4 is 0 Å². The Morgan fingerprint density at radius 3 is 2.44 bits per heavy atom. The van der Waals surface area contributed by atoms with Gasteiger partial charge < -0.3 is 15.3 Å². The summed E-state index contributed by atoms with van der Waals surface area (Å²) < 4.78 is 0. The normalized spacial score (nSPS) is 17.4. The largest absolute Gasteiger partial charge is 0.395 e. The lowest BCUT2D eigenvalue weighted by molar-refractivity contribution is 0.107. The number of likely N-dealkylation sites (N-methyl/N-ethyl adjacent to an activating group) is 1. The molecular formula is C13H30N2O. The van der Waals surface area contributed by atoms with E-state index in [4.69, 9.17) is 5.11 Å². The predicted octanol–water partition coefficient (Wildman–Crippen LogP) is 1.71. The molecule has 3 nitrogen and oxygen atoms in total. The predicted molar refractivity (Wildman–Crippen MR) is 70.7 cm³/mol. The van der Waals surface area contributed by atoms with Gasteiger partial charge in [0.1, 0.15) is 0 Å². The highest BCUT2D eigenvalue weighted by Crippen LogP contribution is 2.21. The highest BCUT2D eigenvalue weighted by Gasteiger charge is 2.25. The van der Waals surface area contributed by atoms with Gasteiger partial charge in [0.15, 0.2) is 0 Å². The molecule has 2 N–H and O–H groups in total. The van der Waals surface area contributed by atoms with Crippen LogP contribution in [-0.4, -0.2) is 49.3 Å². The second kappa shape index (κ2) is 8.04. The molecular weight excluding hydrogens is 200 g/mol. The van der Waals surface area contributed by atoms with Crippen LogP contribution >= 0.6 is 0 Å². The molecule has 0 fully saturated rings. The molecule has 3 heteroatoms. The van der Waals surface area contributed by atoms with Crippen molar-refractivity contribution in [3.63, 3.8) is 0 Å². The molecule has 0 aliphatic heterocycles. The van der Waals surface area contributed by atoms with Crippen LogP contribution in [0.1, 0.15) is 40.5 Å². The summed E-state index contributed by atoms with van der Waals surface area (Å²) in [7, 11) is 2.09. The monoisotopic (exact) mass is 230 g/mol. The Kier molecular flexibility index (Phi) is 7.98. The highest BCUT2D eigenvalue weighted by molar-refractivity contribution is 4.80. The first-order valence-electron chi connectivity index (χ1n) is 6.51. The van der Waals surface area contributed by atoms with Gasteiger partial charge in [-0.2, -0.15) is 0 Å². The number of nitrogens with one attached hydrogen (secondary N) is 1. The fraction of sp³-hybridized carbons (Fsp3) is 1.00. The SMILES string of the molecule is CCCNCC(C)(CC)CN(C)C(C)CO. The van der Waals surface area contributed by atoms with E-state index in [1.54, 1.807) is 0 Å². The zero-order chi connectivity index (χ0) is 12.6. The summed E-state index contributed by atoms with van der Waals surface area (Å²) in [5.41, 5.74) is 0.299.